The van der Waals surface area contributed by atoms with Gasteiger partial charge in [-0.25, -0.2) is 9.13 Å². The molecule has 4 radical (unpaired) electrons. The molecule has 0 aromatic rings. The van der Waals surface area contributed by atoms with E-state index >= 15 is 0 Å². The third kappa shape index (κ3) is 8.85. The molecule has 3 heterocycles. The zero-order chi connectivity index (χ0) is 25.8. The van der Waals surface area contributed by atoms with Gasteiger partial charge in [0.05, 0.1) is 38.1 Å². The highest BCUT2D eigenvalue weighted by molar-refractivity contribution is 7.47. The minimum absolute atomic E-state index is 0.117. The van der Waals surface area contributed by atoms with E-state index in [0.717, 1.165) is 0 Å². The van der Waals surface area contributed by atoms with Crippen molar-refractivity contribution in [2.45, 2.75) is 80.9 Å². The number of methoxy groups -OCH3 is 2. The van der Waals surface area contributed by atoms with Crippen LogP contribution in [-0.2, 0) is 50.9 Å². The largest absolute Gasteiger partial charge is 0.472 e. The number of hydrogen-bond acceptors (Lipinski definition) is 11. The van der Waals surface area contributed by atoms with Crippen LogP contribution in [0, 0.1) is 0 Å². The summed E-state index contributed by atoms with van der Waals surface area (Å²) in [5, 5.41) is 0. The monoisotopic (exact) mass is 540 g/mol. The van der Waals surface area contributed by atoms with Crippen LogP contribution in [0.4, 0.5) is 0 Å². The van der Waals surface area contributed by atoms with Crippen LogP contribution in [0.2, 0.25) is 0 Å². The molecule has 17 heteroatoms. The lowest BCUT2D eigenvalue weighted by Gasteiger charge is -2.25. The molecular formula is C18H32B2O13P2. The van der Waals surface area contributed by atoms with Crippen LogP contribution in [0.3, 0.4) is 0 Å². The van der Waals surface area contributed by atoms with Crippen LogP contribution in [0.5, 0.6) is 0 Å². The molecule has 3 fully saturated rings. The normalized spacial score (nSPS) is 41.1. The number of hydrogen-bond donors (Lipinski definition) is 2. The van der Waals surface area contributed by atoms with Gasteiger partial charge in [-0.2, -0.15) is 0 Å². The molecule has 3 rings (SSSR count). The lowest BCUT2D eigenvalue weighted by atomic mass is 9.96. The average molecular weight is 540 g/mol. The van der Waals surface area contributed by atoms with E-state index in [1.807, 2.05) is 0 Å². The predicted molar refractivity (Wildman–Crippen MR) is 121 cm³/mol. The van der Waals surface area contributed by atoms with Gasteiger partial charge in [0.1, 0.15) is 40.1 Å². The van der Waals surface area contributed by atoms with Crippen molar-refractivity contribution in [1.29, 1.82) is 0 Å². The Hall–Kier alpha value is 0.150. The van der Waals surface area contributed by atoms with Crippen molar-refractivity contribution < 1.29 is 60.7 Å². The Morgan fingerprint density at radius 2 is 1.23 bits per heavy atom. The van der Waals surface area contributed by atoms with Crippen LogP contribution in [0.25, 0.3) is 0 Å². The topological polar surface area (TPSA) is 158 Å². The van der Waals surface area contributed by atoms with Crippen LogP contribution in [-0.4, -0.2) is 114 Å². The van der Waals surface area contributed by atoms with Crippen LogP contribution >= 0.6 is 15.6 Å². The van der Waals surface area contributed by atoms with Gasteiger partial charge in [-0.1, -0.05) is 0 Å². The maximum Gasteiger partial charge on any atom is 0.472 e. The highest BCUT2D eigenvalue weighted by Gasteiger charge is 2.43. The molecule has 3 aliphatic rings. The molecule has 0 aromatic heterocycles. The van der Waals surface area contributed by atoms with E-state index in [1.165, 1.54) is 14.2 Å². The van der Waals surface area contributed by atoms with Crippen molar-refractivity contribution in [2.75, 3.05) is 34.0 Å². The van der Waals surface area contributed by atoms with Gasteiger partial charge in [-0.05, 0) is 19.8 Å². The second-order valence-electron chi connectivity index (χ2n) is 8.66. The summed E-state index contributed by atoms with van der Waals surface area (Å²) in [6.45, 7) is 1.12. The first-order chi connectivity index (χ1) is 16.4. The van der Waals surface area contributed by atoms with E-state index in [-0.39, 0.29) is 38.3 Å². The van der Waals surface area contributed by atoms with Crippen molar-refractivity contribution >= 4 is 31.3 Å². The van der Waals surface area contributed by atoms with Gasteiger partial charge in [0.2, 0.25) is 0 Å². The van der Waals surface area contributed by atoms with E-state index in [2.05, 4.69) is 0 Å². The predicted octanol–water partition coefficient (Wildman–Crippen LogP) is 0.397. The van der Waals surface area contributed by atoms with Crippen molar-refractivity contribution in [2.24, 2.45) is 0 Å². The second kappa shape index (κ2) is 12.8. The summed E-state index contributed by atoms with van der Waals surface area (Å²) in [5.41, 5.74) is 0. The van der Waals surface area contributed by atoms with Gasteiger partial charge in [0.25, 0.3) is 0 Å². The van der Waals surface area contributed by atoms with Gasteiger partial charge >= 0.3 is 15.6 Å². The first kappa shape index (κ1) is 29.7. The number of rotatable bonds is 13. The Kier molecular flexibility index (Phi) is 10.9. The molecule has 198 valence electrons. The molecule has 35 heavy (non-hydrogen) atoms. The van der Waals surface area contributed by atoms with E-state index in [1.54, 1.807) is 6.92 Å². The average Bonchev–Trinajstić information content (AvgIpc) is 3.41. The van der Waals surface area contributed by atoms with E-state index < -0.39 is 64.8 Å². The molecule has 5 unspecified atom stereocenters. The molecule has 11 atom stereocenters. The molecule has 0 aliphatic carbocycles. The Balaban J connectivity index is 1.51. The van der Waals surface area contributed by atoms with Gasteiger partial charge in [0, 0.05) is 32.6 Å². The zero-order valence-electron chi connectivity index (χ0n) is 19.9. The fourth-order valence-electron chi connectivity index (χ4n) is 4.23. The van der Waals surface area contributed by atoms with Crippen molar-refractivity contribution in [3.8, 4) is 0 Å². The van der Waals surface area contributed by atoms with Crippen molar-refractivity contribution in [3.63, 3.8) is 0 Å². The summed E-state index contributed by atoms with van der Waals surface area (Å²) in [7, 11) is 5.28. The van der Waals surface area contributed by atoms with E-state index in [4.69, 9.17) is 57.5 Å². The lowest BCUT2D eigenvalue weighted by molar-refractivity contribution is -0.0419. The summed E-state index contributed by atoms with van der Waals surface area (Å²) in [5.74, 6) is 0. The fraction of sp³-hybridized carbons (Fsp3) is 1.00. The molecule has 2 N–H and O–H groups in total. The summed E-state index contributed by atoms with van der Waals surface area (Å²) >= 11 is 0. The van der Waals surface area contributed by atoms with Crippen molar-refractivity contribution in [3.05, 3.63) is 0 Å². The highest BCUT2D eigenvalue weighted by atomic mass is 31.2. The maximum atomic E-state index is 12.5. The highest BCUT2D eigenvalue weighted by Crippen LogP contribution is 2.50. The summed E-state index contributed by atoms with van der Waals surface area (Å²) in [4.78, 5) is 20.4. The number of phosphoric ester groups is 2. The quantitative estimate of drug-likeness (QED) is 0.245. The summed E-state index contributed by atoms with van der Waals surface area (Å²) in [6, 6.07) is -1.23. The minimum atomic E-state index is -4.55. The fourth-order valence-corrected chi connectivity index (χ4v) is 6.15. The third-order valence-corrected chi connectivity index (χ3v) is 7.84. The minimum Gasteiger partial charge on any atom is -0.382 e. The van der Waals surface area contributed by atoms with Gasteiger partial charge in [0.15, 0.2) is 0 Å². The smallest absolute Gasteiger partial charge is 0.382 e. The first-order valence-electron chi connectivity index (χ1n) is 11.2. The Bertz CT molecular complexity index is 779. The summed E-state index contributed by atoms with van der Waals surface area (Å²) in [6.07, 6.45) is -3.90. The molecule has 0 amide bonds. The molecule has 0 spiro atoms. The molecular weight excluding hydrogens is 508 g/mol. The Morgan fingerprint density at radius 3 is 1.74 bits per heavy atom. The standard InChI is InChI=1S/C18H32B2O13P2/c1-10-4-12(32-34(21,22)27-8-15-11(26-3)5-17(19)31-15)16(29-10)9-28-35(23,24)33-13-6-18(20)30-14(13)7-25-2/h10-18H,4-9H2,1-3H3,(H,21,22)(H,23,24)/t10-,11?,12?,13?,14+,15+,16+,17+,18+/m0/s1. The molecule has 0 saturated carbocycles. The van der Waals surface area contributed by atoms with Gasteiger partial charge in [-0.15, -0.1) is 0 Å². The van der Waals surface area contributed by atoms with Gasteiger partial charge in [-0.3, -0.25) is 18.1 Å². The molecule has 3 saturated heterocycles. The molecule has 0 aromatic carbocycles. The van der Waals surface area contributed by atoms with Crippen LogP contribution in [0.15, 0.2) is 0 Å². The third-order valence-electron chi connectivity index (χ3n) is 5.82. The number of ether oxygens (including phenoxy) is 5. The van der Waals surface area contributed by atoms with Crippen LogP contribution in [0.1, 0.15) is 26.2 Å². The maximum absolute atomic E-state index is 12.5. The van der Waals surface area contributed by atoms with E-state index in [0.29, 0.717) is 6.42 Å². The first-order valence-corrected chi connectivity index (χ1v) is 14.2. The lowest BCUT2D eigenvalue weighted by Crippen LogP contribution is -2.31. The Morgan fingerprint density at radius 1 is 0.771 bits per heavy atom. The molecule has 3 aliphatic heterocycles. The van der Waals surface area contributed by atoms with Gasteiger partial charge < -0.3 is 33.5 Å². The molecule has 13 nitrogen and oxygen atoms in total. The number of phosphoric acid groups is 2. The SMILES string of the molecule is [B][C@H]1CC(OC)[C@@H](COP(=O)(O)OC2C[C@H](C)O[C@@H]2COP(=O)(O)OC2C[C@H]([B])O[C@@H]2COC)O1. The zero-order valence-corrected chi connectivity index (χ0v) is 21.7. The second-order valence-corrected chi connectivity index (χ2v) is 11.5. The van der Waals surface area contributed by atoms with Crippen molar-refractivity contribution in [1.82, 2.24) is 0 Å². The molecule has 0 bridgehead atoms. The van der Waals surface area contributed by atoms with E-state index in [9.17, 15) is 18.9 Å². The van der Waals surface area contributed by atoms with Crippen LogP contribution < -0.4 is 0 Å². The Labute approximate surface area is 207 Å². The summed E-state index contributed by atoms with van der Waals surface area (Å²) < 4.78 is 72.5.